The van der Waals surface area contributed by atoms with Crippen molar-refractivity contribution in [3.8, 4) is 0 Å². The molecule has 0 aliphatic carbocycles. The highest BCUT2D eigenvalue weighted by Crippen LogP contribution is 2.23. The number of carboxylic acids is 1. The van der Waals surface area contributed by atoms with Gasteiger partial charge in [-0.1, -0.05) is 6.07 Å². The maximum atomic E-state index is 12.4. The summed E-state index contributed by atoms with van der Waals surface area (Å²) in [7, 11) is 0. The molecule has 22 heavy (non-hydrogen) atoms. The molecule has 2 aromatic heterocycles. The Balaban J connectivity index is 1.82. The number of aromatic amines is 1. The highest BCUT2D eigenvalue weighted by Gasteiger charge is 2.20. The highest BCUT2D eigenvalue weighted by molar-refractivity contribution is 7.10. The smallest absolute Gasteiger partial charge is 0.305 e. The number of fused-ring (bicyclic) bond motifs is 1. The molecule has 1 unspecified atom stereocenters. The maximum absolute atomic E-state index is 12.4. The molecule has 7 heteroatoms. The van der Waals surface area contributed by atoms with Gasteiger partial charge in [0.2, 0.25) is 0 Å². The molecule has 0 bridgehead atoms. The normalized spacial score (nSPS) is 12.2. The van der Waals surface area contributed by atoms with E-state index in [-0.39, 0.29) is 12.3 Å². The Labute approximate surface area is 129 Å². The van der Waals surface area contributed by atoms with Crippen molar-refractivity contribution in [3.63, 3.8) is 0 Å². The molecule has 112 valence electrons. The van der Waals surface area contributed by atoms with Crippen LogP contribution >= 0.6 is 11.3 Å². The summed E-state index contributed by atoms with van der Waals surface area (Å²) in [5, 5.41) is 21.2. The third-order valence-electron chi connectivity index (χ3n) is 3.27. The number of thiophene rings is 1. The fourth-order valence-electron chi connectivity index (χ4n) is 2.21. The lowest BCUT2D eigenvalue weighted by Crippen LogP contribution is -2.29. The molecule has 3 N–H and O–H groups in total. The van der Waals surface area contributed by atoms with Gasteiger partial charge in [-0.2, -0.15) is 5.10 Å². The van der Waals surface area contributed by atoms with Gasteiger partial charge < -0.3 is 10.4 Å². The number of carbonyl (C=O) groups excluding carboxylic acids is 1. The van der Waals surface area contributed by atoms with Crippen molar-refractivity contribution in [2.75, 3.05) is 0 Å². The Morgan fingerprint density at radius 3 is 2.95 bits per heavy atom. The van der Waals surface area contributed by atoms with Crippen LogP contribution in [0.1, 0.15) is 27.7 Å². The molecule has 1 aromatic carbocycles. The first kappa shape index (κ1) is 14.3. The Morgan fingerprint density at radius 2 is 2.23 bits per heavy atom. The lowest BCUT2D eigenvalue weighted by molar-refractivity contribution is -0.137. The van der Waals surface area contributed by atoms with Crippen molar-refractivity contribution in [2.24, 2.45) is 0 Å². The molecule has 0 fully saturated rings. The van der Waals surface area contributed by atoms with E-state index in [9.17, 15) is 9.59 Å². The predicted molar refractivity (Wildman–Crippen MR) is 82.9 cm³/mol. The average molecular weight is 315 g/mol. The summed E-state index contributed by atoms with van der Waals surface area (Å²) in [6.07, 6.45) is 1.49. The number of aliphatic carboxylic acids is 1. The Kier molecular flexibility index (Phi) is 3.88. The van der Waals surface area contributed by atoms with E-state index in [2.05, 4.69) is 15.5 Å². The van der Waals surface area contributed by atoms with Crippen LogP contribution in [0.4, 0.5) is 0 Å². The summed E-state index contributed by atoms with van der Waals surface area (Å²) >= 11 is 1.42. The molecule has 0 aliphatic rings. The summed E-state index contributed by atoms with van der Waals surface area (Å²) in [6, 6.07) is 8.29. The topological polar surface area (TPSA) is 95.1 Å². The number of benzene rings is 1. The third kappa shape index (κ3) is 2.99. The van der Waals surface area contributed by atoms with Gasteiger partial charge in [0, 0.05) is 15.8 Å². The van der Waals surface area contributed by atoms with E-state index in [1.54, 1.807) is 24.4 Å². The number of aromatic nitrogens is 2. The van der Waals surface area contributed by atoms with Gasteiger partial charge in [0.05, 0.1) is 24.2 Å². The Morgan fingerprint density at radius 1 is 1.36 bits per heavy atom. The van der Waals surface area contributed by atoms with Crippen molar-refractivity contribution in [3.05, 3.63) is 52.3 Å². The summed E-state index contributed by atoms with van der Waals surface area (Å²) in [5.41, 5.74) is 1.32. The van der Waals surface area contributed by atoms with E-state index in [1.807, 2.05) is 17.5 Å². The van der Waals surface area contributed by atoms with Gasteiger partial charge in [-0.25, -0.2) is 0 Å². The molecule has 0 saturated carbocycles. The molecule has 2 heterocycles. The molecule has 1 atom stereocenters. The predicted octanol–water partition coefficient (Wildman–Crippen LogP) is 2.57. The quantitative estimate of drug-likeness (QED) is 0.674. The Hall–Kier alpha value is -2.67. The largest absolute Gasteiger partial charge is 0.481 e. The van der Waals surface area contributed by atoms with Crippen LogP contribution in [0.5, 0.6) is 0 Å². The SMILES string of the molecule is O=C(O)CC(NC(=O)c1ccc2[nH]ncc2c1)c1cccs1. The van der Waals surface area contributed by atoms with Crippen molar-refractivity contribution in [1.29, 1.82) is 0 Å². The zero-order chi connectivity index (χ0) is 15.5. The van der Waals surface area contributed by atoms with Gasteiger partial charge in [0.15, 0.2) is 0 Å². The number of H-pyrrole nitrogens is 1. The number of hydrogen-bond donors (Lipinski definition) is 3. The van der Waals surface area contributed by atoms with Crippen molar-refractivity contribution in [1.82, 2.24) is 15.5 Å². The monoisotopic (exact) mass is 315 g/mol. The zero-order valence-corrected chi connectivity index (χ0v) is 12.3. The number of carboxylic acid groups (broad SMARTS) is 1. The number of carbonyl (C=O) groups is 2. The first-order valence-corrected chi connectivity index (χ1v) is 7.50. The Bertz CT molecular complexity index is 810. The van der Waals surface area contributed by atoms with Gasteiger partial charge in [0.1, 0.15) is 0 Å². The van der Waals surface area contributed by atoms with Gasteiger partial charge in [-0.05, 0) is 29.6 Å². The summed E-state index contributed by atoms with van der Waals surface area (Å²) in [4.78, 5) is 24.2. The molecule has 0 spiro atoms. The molecule has 1 amide bonds. The molecule has 0 aliphatic heterocycles. The minimum absolute atomic E-state index is 0.153. The summed E-state index contributed by atoms with van der Waals surface area (Å²) in [5.74, 6) is -1.26. The molecule has 6 nitrogen and oxygen atoms in total. The second-order valence-corrected chi connectivity index (χ2v) is 5.79. The fourth-order valence-corrected chi connectivity index (χ4v) is 2.99. The number of rotatable bonds is 5. The molecular weight excluding hydrogens is 302 g/mol. The third-order valence-corrected chi connectivity index (χ3v) is 4.26. The minimum atomic E-state index is -0.955. The second-order valence-electron chi connectivity index (χ2n) is 4.81. The van der Waals surface area contributed by atoms with Crippen LogP contribution in [0.3, 0.4) is 0 Å². The van der Waals surface area contributed by atoms with Crippen molar-refractivity contribution in [2.45, 2.75) is 12.5 Å². The van der Waals surface area contributed by atoms with E-state index in [0.717, 1.165) is 15.8 Å². The van der Waals surface area contributed by atoms with Crippen molar-refractivity contribution >= 4 is 34.1 Å². The van der Waals surface area contributed by atoms with E-state index >= 15 is 0 Å². The number of nitrogens with one attached hydrogen (secondary N) is 2. The first-order valence-electron chi connectivity index (χ1n) is 6.62. The molecule has 0 radical (unpaired) electrons. The lowest BCUT2D eigenvalue weighted by Gasteiger charge is -2.15. The van der Waals surface area contributed by atoms with Crippen LogP contribution in [0.15, 0.2) is 41.9 Å². The van der Waals surface area contributed by atoms with Crippen LogP contribution in [0.2, 0.25) is 0 Å². The van der Waals surface area contributed by atoms with Gasteiger partial charge in [-0.3, -0.25) is 14.7 Å². The van der Waals surface area contributed by atoms with Crippen LogP contribution in [0, 0.1) is 0 Å². The van der Waals surface area contributed by atoms with E-state index in [1.165, 1.54) is 11.3 Å². The minimum Gasteiger partial charge on any atom is -0.481 e. The summed E-state index contributed by atoms with van der Waals surface area (Å²) in [6.45, 7) is 0. The van der Waals surface area contributed by atoms with Crippen LogP contribution in [-0.4, -0.2) is 27.2 Å². The standard InChI is InChI=1S/C15H13N3O3S/c19-14(20)7-12(13-2-1-5-22-13)17-15(21)9-3-4-11-10(6-9)8-16-18-11/h1-6,8,12H,7H2,(H,16,18)(H,17,21)(H,19,20). The highest BCUT2D eigenvalue weighted by atomic mass is 32.1. The van der Waals surface area contributed by atoms with Gasteiger partial charge in [-0.15, -0.1) is 11.3 Å². The molecule has 3 aromatic rings. The van der Waals surface area contributed by atoms with E-state index in [4.69, 9.17) is 5.11 Å². The maximum Gasteiger partial charge on any atom is 0.305 e. The molecule has 0 saturated heterocycles. The van der Waals surface area contributed by atoms with E-state index < -0.39 is 12.0 Å². The lowest BCUT2D eigenvalue weighted by atomic mass is 10.1. The van der Waals surface area contributed by atoms with Gasteiger partial charge in [0.25, 0.3) is 5.91 Å². The van der Waals surface area contributed by atoms with Crippen LogP contribution in [-0.2, 0) is 4.79 Å². The van der Waals surface area contributed by atoms with Crippen molar-refractivity contribution < 1.29 is 14.7 Å². The number of hydrogen-bond acceptors (Lipinski definition) is 4. The molecule has 3 rings (SSSR count). The van der Waals surface area contributed by atoms with E-state index in [0.29, 0.717) is 5.56 Å². The first-order chi connectivity index (χ1) is 10.6. The number of amides is 1. The summed E-state index contributed by atoms with van der Waals surface area (Å²) < 4.78 is 0. The van der Waals surface area contributed by atoms with Crippen LogP contribution in [0.25, 0.3) is 10.9 Å². The zero-order valence-electron chi connectivity index (χ0n) is 11.4. The molecular formula is C15H13N3O3S. The second kappa shape index (κ2) is 5.98. The average Bonchev–Trinajstić information content (AvgIpc) is 3.16. The fraction of sp³-hybridized carbons (Fsp3) is 0.133. The van der Waals surface area contributed by atoms with Gasteiger partial charge >= 0.3 is 5.97 Å². The van der Waals surface area contributed by atoms with Crippen LogP contribution < -0.4 is 5.32 Å². The number of nitrogens with zero attached hydrogens (tertiary/aromatic N) is 1.